The number of benzene rings is 1. The van der Waals surface area contributed by atoms with E-state index in [1.807, 2.05) is 12.1 Å². The molecular weight excluding hydrogens is 355 g/mol. The second kappa shape index (κ2) is 6.89. The smallest absolute Gasteiger partial charge is 0.165 e. The van der Waals surface area contributed by atoms with Crippen LogP contribution in [0.1, 0.15) is 47.4 Å². The molecule has 2 aromatic heterocycles. The molecule has 1 N–H and O–H groups in total. The summed E-state index contributed by atoms with van der Waals surface area (Å²) in [6, 6.07) is 8.39. The molecule has 0 unspecified atom stereocenters. The van der Waals surface area contributed by atoms with Gasteiger partial charge >= 0.3 is 0 Å². The van der Waals surface area contributed by atoms with Gasteiger partial charge in [0.25, 0.3) is 0 Å². The highest BCUT2D eigenvalue weighted by Crippen LogP contribution is 2.40. The molecule has 0 saturated heterocycles. The first-order valence-corrected chi connectivity index (χ1v) is 9.38. The van der Waals surface area contributed by atoms with E-state index in [9.17, 15) is 9.18 Å². The van der Waals surface area contributed by atoms with E-state index in [4.69, 9.17) is 4.74 Å². The van der Waals surface area contributed by atoms with Gasteiger partial charge in [-0.15, -0.1) is 0 Å². The maximum absolute atomic E-state index is 13.6. The minimum Gasteiger partial charge on any atom is -0.496 e. The number of aromatic nitrogens is 2. The van der Waals surface area contributed by atoms with E-state index >= 15 is 0 Å². The summed E-state index contributed by atoms with van der Waals surface area (Å²) in [6.45, 7) is 4.23. The number of nitrogens with one attached hydrogen (secondary N) is 1. The number of Topliss-reactive ketones (excluding diaryl/α,β-unsaturated/α-hetero) is 1. The quantitative estimate of drug-likeness (QED) is 0.697. The second-order valence-corrected chi connectivity index (χ2v) is 8.14. The number of H-pyrrole nitrogens is 1. The number of halogens is 1. The van der Waals surface area contributed by atoms with Gasteiger partial charge in [-0.05, 0) is 41.2 Å². The van der Waals surface area contributed by atoms with Gasteiger partial charge in [0.05, 0.1) is 12.8 Å². The average molecular weight is 378 g/mol. The minimum absolute atomic E-state index is 0.0741. The number of hydrogen-bond donors (Lipinski definition) is 1. The molecule has 0 saturated carbocycles. The molecule has 144 valence electrons. The molecule has 0 spiro atoms. The van der Waals surface area contributed by atoms with Gasteiger partial charge in [0, 0.05) is 48.1 Å². The van der Waals surface area contributed by atoms with Gasteiger partial charge in [0.2, 0.25) is 0 Å². The van der Waals surface area contributed by atoms with Crippen LogP contribution < -0.4 is 4.74 Å². The minimum atomic E-state index is -0.344. The summed E-state index contributed by atoms with van der Waals surface area (Å²) in [5, 5.41) is 0. The van der Waals surface area contributed by atoms with E-state index in [0.717, 1.165) is 40.1 Å². The molecule has 4 rings (SSSR count). The normalized spacial score (nSPS) is 15.4. The number of pyridine rings is 1. The second-order valence-electron chi connectivity index (χ2n) is 8.14. The molecule has 3 aromatic rings. The Balaban J connectivity index is 1.88. The molecule has 0 atom stereocenters. The maximum Gasteiger partial charge on any atom is 0.165 e. The molecule has 0 bridgehead atoms. The molecule has 5 heteroatoms. The fourth-order valence-electron chi connectivity index (χ4n) is 4.13. The van der Waals surface area contributed by atoms with Crippen LogP contribution in [-0.2, 0) is 12.8 Å². The molecule has 1 aliphatic rings. The highest BCUT2D eigenvalue weighted by molar-refractivity contribution is 6.02. The van der Waals surface area contributed by atoms with Gasteiger partial charge in [-0.3, -0.25) is 9.78 Å². The fraction of sp³-hybridized carbons (Fsp3) is 0.304. The number of ketones is 1. The summed E-state index contributed by atoms with van der Waals surface area (Å²) in [4.78, 5) is 20.7. The number of aromatic amines is 1. The number of methoxy groups -OCH3 is 1. The van der Waals surface area contributed by atoms with E-state index in [2.05, 4.69) is 23.8 Å². The van der Waals surface area contributed by atoms with Crippen LogP contribution in [0.3, 0.4) is 0 Å². The van der Waals surface area contributed by atoms with E-state index in [1.54, 1.807) is 18.5 Å². The number of nitrogens with zero attached hydrogens (tertiary/aromatic N) is 1. The van der Waals surface area contributed by atoms with Gasteiger partial charge in [0.15, 0.2) is 5.78 Å². The van der Waals surface area contributed by atoms with Crippen molar-refractivity contribution in [2.24, 2.45) is 5.41 Å². The molecular formula is C23H23FN2O2. The van der Waals surface area contributed by atoms with Crippen molar-refractivity contribution in [3.63, 3.8) is 0 Å². The number of carbonyl (C=O) groups excluding carboxylic acids is 1. The zero-order valence-electron chi connectivity index (χ0n) is 16.3. The van der Waals surface area contributed by atoms with Gasteiger partial charge in [-0.2, -0.15) is 0 Å². The monoisotopic (exact) mass is 378 g/mol. The standard InChI is InChI=1S/C23H23FN2O2/c1-23(2)12-18-21(19(27)13-23)17(22(26-18)14-6-8-25-9-7-14)10-15-4-5-16(24)11-20(15)28-3/h4-9,11,26H,10,12-13H2,1-3H3. The largest absolute Gasteiger partial charge is 0.496 e. The number of hydrogen-bond acceptors (Lipinski definition) is 3. The third kappa shape index (κ3) is 3.33. The number of fused-ring (bicyclic) bond motifs is 1. The van der Waals surface area contributed by atoms with Crippen molar-refractivity contribution in [2.45, 2.75) is 33.1 Å². The summed E-state index contributed by atoms with van der Waals surface area (Å²) in [5.74, 6) is 0.294. The number of carbonyl (C=O) groups is 1. The Bertz CT molecular complexity index is 1040. The first kappa shape index (κ1) is 18.4. The third-order valence-corrected chi connectivity index (χ3v) is 5.34. The van der Waals surface area contributed by atoms with E-state index in [1.165, 1.54) is 19.2 Å². The van der Waals surface area contributed by atoms with Crippen LogP contribution in [0.4, 0.5) is 4.39 Å². The summed E-state index contributed by atoms with van der Waals surface area (Å²) >= 11 is 0. The number of rotatable bonds is 4. The lowest BCUT2D eigenvalue weighted by molar-refractivity contribution is 0.0911. The predicted molar refractivity (Wildman–Crippen MR) is 106 cm³/mol. The maximum atomic E-state index is 13.6. The lowest BCUT2D eigenvalue weighted by atomic mass is 9.75. The molecule has 0 fully saturated rings. The summed E-state index contributed by atoms with van der Waals surface area (Å²) < 4.78 is 19.0. The fourth-order valence-corrected chi connectivity index (χ4v) is 4.13. The topological polar surface area (TPSA) is 55.0 Å². The van der Waals surface area contributed by atoms with E-state index in [-0.39, 0.29) is 17.0 Å². The van der Waals surface area contributed by atoms with Crippen molar-refractivity contribution >= 4 is 5.78 Å². The molecule has 4 nitrogen and oxygen atoms in total. The van der Waals surface area contributed by atoms with Gasteiger partial charge in [0.1, 0.15) is 11.6 Å². The van der Waals surface area contributed by atoms with Crippen molar-refractivity contribution in [2.75, 3.05) is 7.11 Å². The molecule has 28 heavy (non-hydrogen) atoms. The lowest BCUT2D eigenvalue weighted by Crippen LogP contribution is -2.27. The highest BCUT2D eigenvalue weighted by Gasteiger charge is 2.35. The highest BCUT2D eigenvalue weighted by atomic mass is 19.1. The zero-order valence-corrected chi connectivity index (χ0v) is 16.3. The first-order valence-electron chi connectivity index (χ1n) is 9.38. The number of ether oxygens (including phenoxy) is 1. The zero-order chi connectivity index (χ0) is 19.9. The third-order valence-electron chi connectivity index (χ3n) is 5.34. The molecule has 2 heterocycles. The van der Waals surface area contributed by atoms with Crippen LogP contribution in [0, 0.1) is 11.2 Å². The van der Waals surface area contributed by atoms with Crippen LogP contribution in [-0.4, -0.2) is 22.9 Å². The van der Waals surface area contributed by atoms with E-state index < -0.39 is 0 Å². The van der Waals surface area contributed by atoms with Crippen molar-refractivity contribution in [1.29, 1.82) is 0 Å². The van der Waals surface area contributed by atoms with Crippen molar-refractivity contribution < 1.29 is 13.9 Å². The molecule has 0 amide bonds. The summed E-state index contributed by atoms with van der Waals surface area (Å²) in [6.07, 6.45) is 5.29. The van der Waals surface area contributed by atoms with Crippen molar-refractivity contribution in [3.8, 4) is 17.0 Å². The summed E-state index contributed by atoms with van der Waals surface area (Å²) in [7, 11) is 1.53. The Morgan fingerprint density at radius 3 is 2.64 bits per heavy atom. The molecule has 0 aliphatic heterocycles. The predicted octanol–water partition coefficient (Wildman–Crippen LogP) is 4.97. The first-order chi connectivity index (χ1) is 13.4. The van der Waals surface area contributed by atoms with Crippen LogP contribution >= 0.6 is 0 Å². The lowest BCUT2D eigenvalue weighted by Gasteiger charge is -2.28. The Hall–Kier alpha value is -2.95. The molecule has 0 radical (unpaired) electrons. The van der Waals surface area contributed by atoms with Gasteiger partial charge in [-0.1, -0.05) is 19.9 Å². The SMILES string of the molecule is COc1cc(F)ccc1Cc1c(-c2ccncc2)[nH]c2c1C(=O)CC(C)(C)C2. The average Bonchev–Trinajstić information content (AvgIpc) is 3.01. The molecule has 1 aromatic carbocycles. The van der Waals surface area contributed by atoms with Gasteiger partial charge < -0.3 is 9.72 Å². The summed E-state index contributed by atoms with van der Waals surface area (Å²) in [5.41, 5.74) is 5.36. The van der Waals surface area contributed by atoms with Crippen LogP contribution in [0.25, 0.3) is 11.3 Å². The Labute approximate surface area is 163 Å². The van der Waals surface area contributed by atoms with Gasteiger partial charge in [-0.25, -0.2) is 4.39 Å². The van der Waals surface area contributed by atoms with Crippen LogP contribution in [0.2, 0.25) is 0 Å². The Morgan fingerprint density at radius 1 is 1.18 bits per heavy atom. The van der Waals surface area contributed by atoms with Crippen molar-refractivity contribution in [3.05, 3.63) is 70.9 Å². The molecule has 1 aliphatic carbocycles. The van der Waals surface area contributed by atoms with Crippen LogP contribution in [0.15, 0.2) is 42.7 Å². The van der Waals surface area contributed by atoms with Crippen molar-refractivity contribution in [1.82, 2.24) is 9.97 Å². The van der Waals surface area contributed by atoms with Crippen LogP contribution in [0.5, 0.6) is 5.75 Å². The Kier molecular flexibility index (Phi) is 4.53. The Morgan fingerprint density at radius 2 is 1.93 bits per heavy atom. The van der Waals surface area contributed by atoms with E-state index in [0.29, 0.717) is 18.6 Å².